The van der Waals surface area contributed by atoms with Crippen molar-refractivity contribution in [1.82, 2.24) is 0 Å². The molecule has 0 aromatic carbocycles. The summed E-state index contributed by atoms with van der Waals surface area (Å²) in [5, 5.41) is 0.852. The first-order chi connectivity index (χ1) is 6.49. The minimum Gasteiger partial charge on any atom is -0.127 e. The van der Waals surface area contributed by atoms with Crippen LogP contribution in [0.4, 0.5) is 0 Å². The van der Waals surface area contributed by atoms with E-state index in [2.05, 4.69) is 32.5 Å². The van der Waals surface area contributed by atoms with Gasteiger partial charge in [-0.25, -0.2) is 0 Å². The van der Waals surface area contributed by atoms with Crippen molar-refractivity contribution in [3.05, 3.63) is 10.5 Å². The summed E-state index contributed by atoms with van der Waals surface area (Å²) in [5.74, 6) is 0.824. The molecular weight excluding hydrogens is 187 g/mol. The molecule has 1 aliphatic heterocycles. The van der Waals surface area contributed by atoms with Crippen molar-refractivity contribution >= 4 is 19.6 Å². The van der Waals surface area contributed by atoms with Gasteiger partial charge in [0.1, 0.15) is 0 Å². The lowest BCUT2D eigenvalue weighted by atomic mass is 9.65. The van der Waals surface area contributed by atoms with Gasteiger partial charge in [0.25, 0.3) is 0 Å². The average molecular weight is 206 g/mol. The van der Waals surface area contributed by atoms with Gasteiger partial charge >= 0.3 is 0 Å². The molecule has 0 aromatic rings. The Balaban J connectivity index is 2.16. The summed E-state index contributed by atoms with van der Waals surface area (Å²) in [6.07, 6.45) is 5.05. The van der Waals surface area contributed by atoms with Gasteiger partial charge in [-0.15, -0.1) is 11.8 Å². The van der Waals surface area contributed by atoms with E-state index in [1.165, 1.54) is 25.7 Å². The van der Waals surface area contributed by atoms with E-state index in [0.717, 1.165) is 11.2 Å². The third-order valence-electron chi connectivity index (χ3n) is 3.82. The first-order valence-corrected chi connectivity index (χ1v) is 6.50. The highest BCUT2D eigenvalue weighted by atomic mass is 32.2. The molecule has 1 aliphatic carbocycles. The monoisotopic (exact) mass is 206 g/mol. The number of rotatable bonds is 0. The number of hydrogen-bond acceptors (Lipinski definition) is 1. The van der Waals surface area contributed by atoms with Crippen LogP contribution < -0.4 is 0 Å². The van der Waals surface area contributed by atoms with E-state index in [1.807, 2.05) is 0 Å². The molecule has 14 heavy (non-hydrogen) atoms. The summed E-state index contributed by atoms with van der Waals surface area (Å²) in [6, 6.07) is 0. The molecule has 0 saturated heterocycles. The summed E-state index contributed by atoms with van der Waals surface area (Å²) in [5.41, 5.74) is 1.64. The van der Waals surface area contributed by atoms with Crippen molar-refractivity contribution in [3.63, 3.8) is 0 Å². The summed E-state index contributed by atoms with van der Waals surface area (Å²) in [4.78, 5) is 1.55. The molecule has 2 rings (SSSR count). The lowest BCUT2D eigenvalue weighted by molar-refractivity contribution is 0.524. The third kappa shape index (κ3) is 1.91. The van der Waals surface area contributed by atoms with Crippen LogP contribution in [0.5, 0.6) is 0 Å². The molecule has 0 spiro atoms. The number of hydrogen-bond donors (Lipinski definition) is 0. The first kappa shape index (κ1) is 10.7. The highest BCUT2D eigenvalue weighted by Crippen LogP contribution is 2.52. The Morgan fingerprint density at radius 2 is 2.14 bits per heavy atom. The van der Waals surface area contributed by atoms with Gasteiger partial charge in [0.15, 0.2) is 0 Å². The van der Waals surface area contributed by atoms with Gasteiger partial charge < -0.3 is 0 Å². The van der Waals surface area contributed by atoms with Crippen LogP contribution in [0.3, 0.4) is 0 Å². The molecule has 2 heteroatoms. The van der Waals surface area contributed by atoms with Gasteiger partial charge in [0.2, 0.25) is 0 Å². The molecule has 1 fully saturated rings. The van der Waals surface area contributed by atoms with Crippen LogP contribution >= 0.6 is 11.8 Å². The molecule has 1 saturated carbocycles. The Kier molecular flexibility index (Phi) is 2.76. The quantitative estimate of drug-likeness (QED) is 0.541. The van der Waals surface area contributed by atoms with E-state index in [0.29, 0.717) is 0 Å². The zero-order chi connectivity index (χ0) is 10.3. The van der Waals surface area contributed by atoms with Crippen LogP contribution in [-0.2, 0) is 0 Å². The van der Waals surface area contributed by atoms with E-state index in [-0.39, 0.29) is 5.31 Å². The van der Waals surface area contributed by atoms with E-state index in [9.17, 15) is 0 Å². The van der Waals surface area contributed by atoms with Gasteiger partial charge in [-0.3, -0.25) is 0 Å². The van der Waals surface area contributed by atoms with Crippen LogP contribution in [-0.4, -0.2) is 13.1 Å². The number of fused-ring (bicyclic) bond motifs is 1. The molecule has 0 bridgehead atoms. The van der Waals surface area contributed by atoms with Crippen molar-refractivity contribution in [2.75, 3.05) is 0 Å². The minimum absolute atomic E-state index is 0.0807. The predicted octanol–water partition coefficient (Wildman–Crippen LogP) is 3.93. The van der Waals surface area contributed by atoms with Crippen LogP contribution in [0, 0.1) is 5.92 Å². The van der Waals surface area contributed by atoms with E-state index >= 15 is 0 Å². The Hall–Kier alpha value is 0.155. The summed E-state index contributed by atoms with van der Waals surface area (Å²) in [6.45, 7) is 6.80. The second-order valence-electron chi connectivity index (χ2n) is 5.25. The fraction of sp³-hybridized carbons (Fsp3) is 0.833. The molecule has 2 radical (unpaired) electrons. The predicted molar refractivity (Wildman–Crippen MR) is 65.8 cm³/mol. The molecule has 0 amide bonds. The van der Waals surface area contributed by atoms with Crippen molar-refractivity contribution < 1.29 is 0 Å². The normalized spacial score (nSPS) is 43.6. The molecule has 0 N–H and O–H groups in total. The molecule has 3 unspecified atom stereocenters. The number of allylic oxidation sites excluding steroid dienone is 2. The first-order valence-electron chi connectivity index (χ1n) is 5.62. The summed E-state index contributed by atoms with van der Waals surface area (Å²) >= 11 is 2.07. The minimum atomic E-state index is 0.0807. The summed E-state index contributed by atoms with van der Waals surface area (Å²) < 4.78 is 0. The second-order valence-corrected chi connectivity index (χ2v) is 6.71. The second kappa shape index (κ2) is 3.62. The van der Waals surface area contributed by atoms with Crippen LogP contribution in [0.25, 0.3) is 0 Å². The SMILES string of the molecule is [B]C1(C)CCCC2C(C)=C(C)SC2C1. The van der Waals surface area contributed by atoms with E-state index < -0.39 is 0 Å². The van der Waals surface area contributed by atoms with E-state index in [4.69, 9.17) is 7.85 Å². The van der Waals surface area contributed by atoms with Crippen molar-refractivity contribution in [3.8, 4) is 0 Å². The molecule has 0 nitrogen and oxygen atoms in total. The third-order valence-corrected chi connectivity index (χ3v) is 5.29. The highest BCUT2D eigenvalue weighted by molar-refractivity contribution is 8.03. The lowest BCUT2D eigenvalue weighted by Gasteiger charge is -2.26. The van der Waals surface area contributed by atoms with Gasteiger partial charge in [0.05, 0.1) is 7.85 Å². The zero-order valence-corrected chi connectivity index (χ0v) is 10.3. The van der Waals surface area contributed by atoms with Crippen LogP contribution in [0.1, 0.15) is 46.5 Å². The maximum Gasteiger partial charge on any atom is 0.0743 e. The smallest absolute Gasteiger partial charge is 0.0743 e. The maximum absolute atomic E-state index is 6.29. The highest BCUT2D eigenvalue weighted by Gasteiger charge is 2.37. The molecule has 3 atom stereocenters. The summed E-state index contributed by atoms with van der Waals surface area (Å²) in [7, 11) is 6.29. The van der Waals surface area contributed by atoms with Crippen molar-refractivity contribution in [2.45, 2.75) is 57.0 Å². The molecule has 76 valence electrons. The topological polar surface area (TPSA) is 0 Å². The Morgan fingerprint density at radius 1 is 1.43 bits per heavy atom. The molecule has 1 heterocycles. The fourth-order valence-electron chi connectivity index (χ4n) is 2.82. The van der Waals surface area contributed by atoms with Crippen LogP contribution in [0.15, 0.2) is 10.5 Å². The van der Waals surface area contributed by atoms with Gasteiger partial charge in [-0.2, -0.15) is 0 Å². The van der Waals surface area contributed by atoms with E-state index in [1.54, 1.807) is 10.5 Å². The fourth-order valence-corrected chi connectivity index (χ4v) is 4.58. The van der Waals surface area contributed by atoms with Crippen LogP contribution in [0.2, 0.25) is 5.31 Å². The largest absolute Gasteiger partial charge is 0.127 e. The van der Waals surface area contributed by atoms with Gasteiger partial charge in [-0.1, -0.05) is 30.7 Å². The Morgan fingerprint density at radius 3 is 2.86 bits per heavy atom. The maximum atomic E-state index is 6.29. The zero-order valence-electron chi connectivity index (χ0n) is 9.47. The van der Waals surface area contributed by atoms with Gasteiger partial charge in [-0.05, 0) is 37.5 Å². The lowest BCUT2D eigenvalue weighted by Crippen LogP contribution is -2.17. The van der Waals surface area contributed by atoms with Crippen molar-refractivity contribution in [2.24, 2.45) is 5.92 Å². The van der Waals surface area contributed by atoms with Gasteiger partial charge in [0, 0.05) is 5.25 Å². The Labute approximate surface area is 93.3 Å². The number of thioether (sulfide) groups is 1. The van der Waals surface area contributed by atoms with Crippen molar-refractivity contribution in [1.29, 1.82) is 0 Å². The molecular formula is C12H19BS. The molecule has 2 aliphatic rings. The Bertz CT molecular complexity index is 267. The molecule has 0 aromatic heterocycles. The standard InChI is InChI=1S/C12H19BS/c1-8-9(2)14-11-7-12(3,13)6-4-5-10(8)11/h10-11H,4-7H2,1-3H3. The average Bonchev–Trinajstić information content (AvgIpc) is 2.28.